The van der Waals surface area contributed by atoms with Gasteiger partial charge in [0.05, 0.1) is 5.52 Å². The first-order chi connectivity index (χ1) is 15.7. The van der Waals surface area contributed by atoms with Crippen LogP contribution in [0.5, 0.6) is 0 Å². The van der Waals surface area contributed by atoms with Crippen LogP contribution in [-0.2, 0) is 0 Å². The lowest BCUT2D eigenvalue weighted by Gasteiger charge is -2.23. The van der Waals surface area contributed by atoms with Crippen molar-refractivity contribution in [1.82, 2.24) is 20.2 Å². The molecule has 168 valence electrons. The van der Waals surface area contributed by atoms with Crippen molar-refractivity contribution in [2.45, 2.75) is 31.7 Å². The minimum Gasteiger partial charge on any atom is -0.385 e. The molecule has 5 rings (SSSR count). The van der Waals surface area contributed by atoms with Gasteiger partial charge in [-0.2, -0.15) is 0 Å². The molecule has 2 aliphatic heterocycles. The monoisotopic (exact) mass is 432 g/mol. The number of aromatic amines is 1. The van der Waals surface area contributed by atoms with Crippen molar-refractivity contribution in [1.29, 1.82) is 0 Å². The second-order valence-corrected chi connectivity index (χ2v) is 9.13. The number of fused-ring (bicyclic) bond motifs is 1. The highest BCUT2D eigenvalue weighted by Gasteiger charge is 2.24. The Hall–Kier alpha value is -2.90. The lowest BCUT2D eigenvalue weighted by molar-refractivity contribution is 0.102. The third kappa shape index (κ3) is 4.64. The third-order valence-electron chi connectivity index (χ3n) is 6.82. The van der Waals surface area contributed by atoms with E-state index in [0.717, 1.165) is 42.8 Å². The van der Waals surface area contributed by atoms with E-state index in [1.54, 1.807) is 0 Å². The number of piperidine rings is 1. The molecule has 0 saturated carbocycles. The summed E-state index contributed by atoms with van der Waals surface area (Å²) in [6.45, 7) is 4.25. The first-order valence-electron chi connectivity index (χ1n) is 11.7. The van der Waals surface area contributed by atoms with Gasteiger partial charge in [-0.05, 0) is 82.5 Å². The molecule has 0 bridgehead atoms. The van der Waals surface area contributed by atoms with E-state index in [-0.39, 0.29) is 5.91 Å². The van der Waals surface area contributed by atoms with Crippen LogP contribution in [0.2, 0.25) is 0 Å². The molecule has 4 N–H and O–H groups in total. The number of anilines is 2. The number of benzene rings is 1. The number of nitrogens with one attached hydrogen (secondary N) is 4. The van der Waals surface area contributed by atoms with Gasteiger partial charge in [-0.25, -0.2) is 4.98 Å². The van der Waals surface area contributed by atoms with Crippen molar-refractivity contribution >= 4 is 28.3 Å². The predicted molar refractivity (Wildman–Crippen MR) is 129 cm³/mol. The molecule has 1 aromatic carbocycles. The number of hydrogen-bond acceptors (Lipinski definition) is 5. The van der Waals surface area contributed by atoms with Gasteiger partial charge in [0.1, 0.15) is 5.82 Å². The fourth-order valence-electron chi connectivity index (χ4n) is 4.91. The Balaban J connectivity index is 1.25. The molecule has 4 heterocycles. The molecule has 1 amide bonds. The van der Waals surface area contributed by atoms with Gasteiger partial charge in [0.25, 0.3) is 5.91 Å². The van der Waals surface area contributed by atoms with Crippen LogP contribution in [0, 0.1) is 5.92 Å². The molecule has 0 aliphatic carbocycles. The zero-order valence-corrected chi connectivity index (χ0v) is 18.7. The van der Waals surface area contributed by atoms with Gasteiger partial charge < -0.3 is 20.9 Å². The summed E-state index contributed by atoms with van der Waals surface area (Å²) < 4.78 is 0. The van der Waals surface area contributed by atoms with Crippen molar-refractivity contribution in [2.75, 3.05) is 43.9 Å². The van der Waals surface area contributed by atoms with Gasteiger partial charge in [0.15, 0.2) is 0 Å². The molecular weight excluding hydrogens is 400 g/mol. The van der Waals surface area contributed by atoms with Gasteiger partial charge >= 0.3 is 0 Å². The molecular formula is C25H32N6O. The van der Waals surface area contributed by atoms with Crippen molar-refractivity contribution in [2.24, 2.45) is 5.92 Å². The summed E-state index contributed by atoms with van der Waals surface area (Å²) in [5, 5.41) is 10.9. The van der Waals surface area contributed by atoms with Gasteiger partial charge in [-0.1, -0.05) is 6.07 Å². The Bertz CT molecular complexity index is 1090. The maximum atomic E-state index is 12.9. The molecule has 7 heteroatoms. The number of nitrogens with zero attached hydrogens (tertiary/aromatic N) is 2. The maximum absolute atomic E-state index is 12.9. The minimum atomic E-state index is -0.148. The molecule has 7 nitrogen and oxygen atoms in total. The quantitative estimate of drug-likeness (QED) is 0.473. The molecule has 3 aromatic rings. The molecule has 2 aromatic heterocycles. The second kappa shape index (κ2) is 9.30. The zero-order valence-electron chi connectivity index (χ0n) is 18.7. The highest BCUT2D eigenvalue weighted by molar-refractivity contribution is 6.04. The Morgan fingerprint density at radius 2 is 2.06 bits per heavy atom. The average Bonchev–Trinajstić information content (AvgIpc) is 3.44. The van der Waals surface area contributed by atoms with Gasteiger partial charge in [-0.3, -0.25) is 9.69 Å². The van der Waals surface area contributed by atoms with E-state index >= 15 is 0 Å². The first kappa shape index (κ1) is 21.0. The minimum absolute atomic E-state index is 0.148. The standard InChI is InChI=1S/C25H32N6O/c1-31-11-3-6-23(31)22-13-19-16-28-24(14-21(19)29-22)30-25(32)18-4-2-5-20(12-18)27-15-17-7-9-26-10-8-17/h2,4-5,12-14,16-17,23,26-27,29H,3,6-11,15H2,1H3,(H,28,30,32)/t23-/m1/s1. The highest BCUT2D eigenvalue weighted by atomic mass is 16.1. The third-order valence-corrected chi connectivity index (χ3v) is 6.82. The van der Waals surface area contributed by atoms with Crippen molar-refractivity contribution < 1.29 is 4.79 Å². The van der Waals surface area contributed by atoms with Gasteiger partial charge in [0.2, 0.25) is 0 Å². The summed E-state index contributed by atoms with van der Waals surface area (Å²) in [5.41, 5.74) is 3.83. The van der Waals surface area contributed by atoms with Crippen molar-refractivity contribution in [3.8, 4) is 0 Å². The highest BCUT2D eigenvalue weighted by Crippen LogP contribution is 2.32. The van der Waals surface area contributed by atoms with E-state index in [1.165, 1.54) is 31.4 Å². The van der Waals surface area contributed by atoms with E-state index < -0.39 is 0 Å². The Morgan fingerprint density at radius 1 is 1.19 bits per heavy atom. The number of amides is 1. The largest absolute Gasteiger partial charge is 0.385 e. The zero-order chi connectivity index (χ0) is 21.9. The summed E-state index contributed by atoms with van der Waals surface area (Å²) in [5.74, 6) is 1.09. The fourth-order valence-corrected chi connectivity index (χ4v) is 4.91. The summed E-state index contributed by atoms with van der Waals surface area (Å²) >= 11 is 0. The van der Waals surface area contributed by atoms with E-state index in [9.17, 15) is 4.79 Å². The normalized spacial score (nSPS) is 20.0. The lowest BCUT2D eigenvalue weighted by atomic mass is 9.98. The summed E-state index contributed by atoms with van der Waals surface area (Å²) in [4.78, 5) is 23.2. The van der Waals surface area contributed by atoms with E-state index in [1.807, 2.05) is 36.5 Å². The fraction of sp³-hybridized carbons (Fsp3) is 0.440. The van der Waals surface area contributed by atoms with Crippen LogP contribution in [0.1, 0.15) is 47.8 Å². The van der Waals surface area contributed by atoms with Crippen molar-refractivity contribution in [3.05, 3.63) is 53.9 Å². The Kier molecular flexibility index (Phi) is 6.10. The number of H-pyrrole nitrogens is 1. The molecule has 0 radical (unpaired) electrons. The first-order valence-corrected chi connectivity index (χ1v) is 11.7. The summed E-state index contributed by atoms with van der Waals surface area (Å²) in [6, 6.07) is 12.2. The maximum Gasteiger partial charge on any atom is 0.256 e. The van der Waals surface area contributed by atoms with E-state index in [2.05, 4.69) is 43.9 Å². The van der Waals surface area contributed by atoms with Crippen LogP contribution >= 0.6 is 0 Å². The molecule has 2 saturated heterocycles. The molecule has 2 aliphatic rings. The second-order valence-electron chi connectivity index (χ2n) is 9.13. The molecule has 0 spiro atoms. The number of likely N-dealkylation sites (tertiary alicyclic amines) is 1. The number of aromatic nitrogens is 2. The van der Waals surface area contributed by atoms with Crippen LogP contribution < -0.4 is 16.0 Å². The van der Waals surface area contributed by atoms with E-state index in [4.69, 9.17) is 0 Å². The summed E-state index contributed by atoms with van der Waals surface area (Å²) in [6.07, 6.45) is 6.61. The van der Waals surface area contributed by atoms with E-state index in [0.29, 0.717) is 23.3 Å². The average molecular weight is 433 g/mol. The smallest absolute Gasteiger partial charge is 0.256 e. The van der Waals surface area contributed by atoms with Crippen LogP contribution in [0.4, 0.5) is 11.5 Å². The number of pyridine rings is 1. The van der Waals surface area contributed by atoms with Gasteiger partial charge in [-0.15, -0.1) is 0 Å². The Labute approximate surface area is 189 Å². The molecule has 1 atom stereocenters. The number of carbonyl (C=O) groups excluding carboxylic acids is 1. The molecule has 2 fully saturated rings. The van der Waals surface area contributed by atoms with Crippen molar-refractivity contribution in [3.63, 3.8) is 0 Å². The SMILES string of the molecule is CN1CCC[C@@H]1c1cc2cnc(NC(=O)c3cccc(NCC4CCNCC4)c3)cc2[nH]1. The van der Waals surface area contributed by atoms with Crippen LogP contribution in [0.25, 0.3) is 10.9 Å². The number of rotatable bonds is 6. The van der Waals surface area contributed by atoms with Crippen LogP contribution in [0.15, 0.2) is 42.6 Å². The molecule has 0 unspecified atom stereocenters. The molecule has 32 heavy (non-hydrogen) atoms. The Morgan fingerprint density at radius 3 is 2.88 bits per heavy atom. The van der Waals surface area contributed by atoms with Gasteiger partial charge in [0, 0.05) is 47.2 Å². The lowest BCUT2D eigenvalue weighted by Crippen LogP contribution is -2.31. The topological polar surface area (TPSA) is 85.1 Å². The summed E-state index contributed by atoms with van der Waals surface area (Å²) in [7, 11) is 2.17. The number of hydrogen-bond donors (Lipinski definition) is 4. The predicted octanol–water partition coefficient (Wildman–Crippen LogP) is 3.99. The number of carbonyl (C=O) groups is 1. The van der Waals surface area contributed by atoms with Crippen LogP contribution in [0.3, 0.4) is 0 Å². The van der Waals surface area contributed by atoms with Crippen LogP contribution in [-0.4, -0.2) is 54.0 Å².